The van der Waals surface area contributed by atoms with Crippen molar-refractivity contribution in [3.8, 4) is 0 Å². The third-order valence-corrected chi connectivity index (χ3v) is 3.96. The maximum atomic E-state index is 13.6. The van der Waals surface area contributed by atoms with E-state index in [-0.39, 0.29) is 29.6 Å². The number of hydrogen-bond donors (Lipinski definition) is 1. The molecule has 0 heterocycles. The zero-order valence-corrected chi connectivity index (χ0v) is 14.1. The van der Waals surface area contributed by atoms with Gasteiger partial charge in [-0.15, -0.1) is 0 Å². The van der Waals surface area contributed by atoms with Crippen molar-refractivity contribution < 1.29 is 18.7 Å². The van der Waals surface area contributed by atoms with Gasteiger partial charge in [0.15, 0.2) is 0 Å². The molecule has 0 aliphatic carbocycles. The van der Waals surface area contributed by atoms with Crippen LogP contribution in [0, 0.1) is 19.7 Å². The lowest BCUT2D eigenvalue weighted by Gasteiger charge is -2.09. The van der Waals surface area contributed by atoms with Crippen LogP contribution in [0.2, 0.25) is 5.02 Å². The van der Waals surface area contributed by atoms with Gasteiger partial charge in [0, 0.05) is 11.1 Å². The van der Waals surface area contributed by atoms with Gasteiger partial charge < -0.3 is 10.1 Å². The molecule has 4 nitrogen and oxygen atoms in total. The Bertz CT molecular complexity index is 757. The van der Waals surface area contributed by atoms with Crippen molar-refractivity contribution in [1.82, 2.24) is 5.32 Å². The molecule has 0 atom stereocenters. The van der Waals surface area contributed by atoms with Crippen molar-refractivity contribution in [2.45, 2.75) is 20.5 Å². The first-order chi connectivity index (χ1) is 11.4. The van der Waals surface area contributed by atoms with Crippen molar-refractivity contribution in [3.05, 3.63) is 69.5 Å². The van der Waals surface area contributed by atoms with E-state index in [2.05, 4.69) is 5.32 Å². The minimum Gasteiger partial charge on any atom is -0.459 e. The number of rotatable bonds is 5. The fourth-order valence-corrected chi connectivity index (χ4v) is 2.23. The van der Waals surface area contributed by atoms with Crippen molar-refractivity contribution in [1.29, 1.82) is 0 Å². The van der Waals surface area contributed by atoms with E-state index in [0.717, 1.165) is 11.1 Å². The Morgan fingerprint density at radius 1 is 1.17 bits per heavy atom. The van der Waals surface area contributed by atoms with Crippen LogP contribution in [0.5, 0.6) is 0 Å². The molecule has 2 rings (SSSR count). The van der Waals surface area contributed by atoms with Gasteiger partial charge in [0.05, 0.1) is 5.02 Å². The number of carbonyl (C=O) groups is 2. The van der Waals surface area contributed by atoms with E-state index in [0.29, 0.717) is 5.56 Å². The molecular weight excluding hydrogens is 333 g/mol. The summed E-state index contributed by atoms with van der Waals surface area (Å²) in [5.41, 5.74) is 2.63. The van der Waals surface area contributed by atoms with Gasteiger partial charge in [0.25, 0.3) is 5.91 Å². The lowest BCUT2D eigenvalue weighted by molar-refractivity contribution is -0.143. The van der Waals surface area contributed by atoms with Crippen LogP contribution in [-0.4, -0.2) is 18.4 Å². The molecule has 0 saturated heterocycles. The largest absolute Gasteiger partial charge is 0.459 e. The number of esters is 1. The first-order valence-corrected chi connectivity index (χ1v) is 7.70. The Kier molecular flexibility index (Phi) is 5.93. The molecule has 0 aliphatic rings. The van der Waals surface area contributed by atoms with E-state index < -0.39 is 11.8 Å². The van der Waals surface area contributed by atoms with Crippen molar-refractivity contribution in [3.63, 3.8) is 0 Å². The van der Waals surface area contributed by atoms with E-state index in [9.17, 15) is 14.0 Å². The standard InChI is InChI=1S/C18H17ClFNO3/c1-11-6-7-13(8-12(11)2)18(23)21-9-17(22)24-10-14-15(19)4-3-5-16(14)20/h3-8H,9-10H2,1-2H3,(H,21,23). The average molecular weight is 350 g/mol. The molecule has 6 heteroatoms. The zero-order chi connectivity index (χ0) is 17.7. The summed E-state index contributed by atoms with van der Waals surface area (Å²) in [6.07, 6.45) is 0. The van der Waals surface area contributed by atoms with Gasteiger partial charge in [-0.2, -0.15) is 0 Å². The number of halogens is 2. The highest BCUT2D eigenvalue weighted by Gasteiger charge is 2.12. The second-order valence-corrected chi connectivity index (χ2v) is 5.75. The molecule has 0 fully saturated rings. The number of benzene rings is 2. The molecule has 0 aromatic heterocycles. The van der Waals surface area contributed by atoms with Crippen LogP contribution in [0.4, 0.5) is 4.39 Å². The predicted octanol–water partition coefficient (Wildman–Crippen LogP) is 3.57. The van der Waals surface area contributed by atoms with Crippen LogP contribution in [0.15, 0.2) is 36.4 Å². The van der Waals surface area contributed by atoms with Gasteiger partial charge in [-0.05, 0) is 49.2 Å². The molecule has 0 saturated carbocycles. The lowest BCUT2D eigenvalue weighted by Crippen LogP contribution is -2.30. The molecular formula is C18H17ClFNO3. The van der Waals surface area contributed by atoms with E-state index >= 15 is 0 Å². The van der Waals surface area contributed by atoms with Gasteiger partial charge in [0.2, 0.25) is 0 Å². The zero-order valence-electron chi connectivity index (χ0n) is 13.4. The minimum absolute atomic E-state index is 0.105. The molecule has 1 N–H and O–H groups in total. The summed E-state index contributed by atoms with van der Waals surface area (Å²) in [6, 6.07) is 9.47. The van der Waals surface area contributed by atoms with Crippen LogP contribution >= 0.6 is 11.6 Å². The number of amides is 1. The Morgan fingerprint density at radius 2 is 1.92 bits per heavy atom. The molecule has 2 aromatic carbocycles. The Balaban J connectivity index is 1.87. The first-order valence-electron chi connectivity index (χ1n) is 7.32. The second-order valence-electron chi connectivity index (χ2n) is 5.34. The molecule has 1 amide bonds. The van der Waals surface area contributed by atoms with Crippen LogP contribution in [-0.2, 0) is 16.1 Å². The van der Waals surface area contributed by atoms with Crippen molar-refractivity contribution >= 4 is 23.5 Å². The van der Waals surface area contributed by atoms with Crippen LogP contribution < -0.4 is 5.32 Å². The Labute approximate surface area is 144 Å². The van der Waals surface area contributed by atoms with Gasteiger partial charge in [0.1, 0.15) is 19.0 Å². The third-order valence-electron chi connectivity index (χ3n) is 3.60. The normalized spacial score (nSPS) is 10.3. The monoisotopic (exact) mass is 349 g/mol. The van der Waals surface area contributed by atoms with E-state index in [1.165, 1.54) is 18.2 Å². The SMILES string of the molecule is Cc1ccc(C(=O)NCC(=O)OCc2c(F)cccc2Cl)cc1C. The minimum atomic E-state index is -0.675. The smallest absolute Gasteiger partial charge is 0.325 e. The second kappa shape index (κ2) is 7.93. The first kappa shape index (κ1) is 17.9. The fourth-order valence-electron chi connectivity index (χ4n) is 2.01. The number of nitrogens with one attached hydrogen (secondary N) is 1. The molecule has 2 aromatic rings. The molecule has 0 bridgehead atoms. The highest BCUT2D eigenvalue weighted by molar-refractivity contribution is 6.31. The highest BCUT2D eigenvalue weighted by atomic mass is 35.5. The summed E-state index contributed by atoms with van der Waals surface area (Å²) in [6.45, 7) is 3.25. The number of hydrogen-bond acceptors (Lipinski definition) is 3. The van der Waals surface area contributed by atoms with Crippen LogP contribution in [0.3, 0.4) is 0 Å². The number of carbonyl (C=O) groups excluding carboxylic acids is 2. The summed E-state index contributed by atoms with van der Waals surface area (Å²) in [7, 11) is 0. The number of aryl methyl sites for hydroxylation is 2. The average Bonchev–Trinajstić information content (AvgIpc) is 2.54. The van der Waals surface area contributed by atoms with Crippen molar-refractivity contribution in [2.75, 3.05) is 6.54 Å². The molecule has 0 unspecified atom stereocenters. The maximum Gasteiger partial charge on any atom is 0.325 e. The predicted molar refractivity (Wildman–Crippen MR) is 89.5 cm³/mol. The lowest BCUT2D eigenvalue weighted by atomic mass is 10.1. The van der Waals surface area contributed by atoms with Gasteiger partial charge in [-0.1, -0.05) is 23.7 Å². The summed E-state index contributed by atoms with van der Waals surface area (Å²) >= 11 is 5.85. The van der Waals surface area contributed by atoms with E-state index in [1.807, 2.05) is 19.9 Å². The summed E-state index contributed by atoms with van der Waals surface area (Å²) in [5, 5.41) is 2.65. The third kappa shape index (κ3) is 4.55. The van der Waals surface area contributed by atoms with Gasteiger partial charge >= 0.3 is 5.97 Å². The quantitative estimate of drug-likeness (QED) is 0.839. The van der Waals surface area contributed by atoms with Crippen LogP contribution in [0.1, 0.15) is 27.0 Å². The summed E-state index contributed by atoms with van der Waals surface area (Å²) < 4.78 is 18.5. The van der Waals surface area contributed by atoms with Gasteiger partial charge in [-0.3, -0.25) is 9.59 Å². The van der Waals surface area contributed by atoms with Crippen LogP contribution in [0.25, 0.3) is 0 Å². The fraction of sp³-hybridized carbons (Fsp3) is 0.222. The molecule has 24 heavy (non-hydrogen) atoms. The summed E-state index contributed by atoms with van der Waals surface area (Å²) in [5.74, 6) is -1.60. The molecule has 0 radical (unpaired) electrons. The molecule has 0 aliphatic heterocycles. The highest BCUT2D eigenvalue weighted by Crippen LogP contribution is 2.19. The molecule has 126 valence electrons. The summed E-state index contributed by atoms with van der Waals surface area (Å²) in [4.78, 5) is 23.7. The Hall–Kier alpha value is -2.40. The van der Waals surface area contributed by atoms with E-state index in [4.69, 9.17) is 16.3 Å². The topological polar surface area (TPSA) is 55.4 Å². The van der Waals surface area contributed by atoms with E-state index in [1.54, 1.807) is 12.1 Å². The van der Waals surface area contributed by atoms with Gasteiger partial charge in [-0.25, -0.2) is 4.39 Å². The Morgan fingerprint density at radius 3 is 2.58 bits per heavy atom. The molecule has 0 spiro atoms. The number of ether oxygens (including phenoxy) is 1. The maximum absolute atomic E-state index is 13.6. The van der Waals surface area contributed by atoms with Crippen molar-refractivity contribution in [2.24, 2.45) is 0 Å².